The lowest BCUT2D eigenvalue weighted by molar-refractivity contribution is -0.137. The number of hydrogen-bond donors (Lipinski definition) is 3. The van der Waals surface area contributed by atoms with E-state index in [1.165, 1.54) is 18.5 Å². The maximum Gasteiger partial charge on any atom is 0.416 e. The predicted octanol–water partition coefficient (Wildman–Crippen LogP) is 3.29. The van der Waals surface area contributed by atoms with Gasteiger partial charge in [-0.2, -0.15) is 13.2 Å². The number of nitrogen functional groups attached to an aromatic ring is 1. The highest BCUT2D eigenvalue weighted by molar-refractivity contribution is 9.10. The van der Waals surface area contributed by atoms with Crippen LogP contribution < -0.4 is 16.6 Å². The minimum absolute atomic E-state index is 0.356. The Labute approximate surface area is 120 Å². The first-order valence-electron chi connectivity index (χ1n) is 5.33. The minimum atomic E-state index is -4.36. The first kappa shape index (κ1) is 14.5. The van der Waals surface area contributed by atoms with Crippen LogP contribution in [0.2, 0.25) is 0 Å². The maximum atomic E-state index is 12.4. The van der Waals surface area contributed by atoms with Gasteiger partial charge in [0.25, 0.3) is 0 Å². The number of hydrogen-bond acceptors (Lipinski definition) is 5. The summed E-state index contributed by atoms with van der Waals surface area (Å²) in [6.45, 7) is 0. The highest BCUT2D eigenvalue weighted by Gasteiger charge is 2.29. The average Bonchev–Trinajstić information content (AvgIpc) is 2.41. The molecule has 0 fully saturated rings. The van der Waals surface area contributed by atoms with E-state index in [9.17, 15) is 13.2 Å². The first-order valence-corrected chi connectivity index (χ1v) is 6.12. The highest BCUT2D eigenvalue weighted by Crippen LogP contribution is 2.32. The number of benzene rings is 1. The molecule has 2 aromatic rings. The molecule has 2 rings (SSSR count). The van der Waals surface area contributed by atoms with E-state index in [2.05, 4.69) is 36.6 Å². The SMILES string of the molecule is NNc1ncnc(Nc2ccc(C(F)(F)F)cc2)c1Br. The molecule has 1 heterocycles. The summed E-state index contributed by atoms with van der Waals surface area (Å²) < 4.78 is 37.8. The molecule has 5 nitrogen and oxygen atoms in total. The second-order valence-electron chi connectivity index (χ2n) is 3.73. The zero-order valence-corrected chi connectivity index (χ0v) is 11.5. The summed E-state index contributed by atoms with van der Waals surface area (Å²) in [5, 5.41) is 2.86. The Morgan fingerprint density at radius 1 is 1.05 bits per heavy atom. The number of aromatic nitrogens is 2. The highest BCUT2D eigenvalue weighted by atomic mass is 79.9. The number of rotatable bonds is 3. The largest absolute Gasteiger partial charge is 0.416 e. The molecule has 0 saturated carbocycles. The van der Waals surface area contributed by atoms with Crippen LogP contribution in [0.15, 0.2) is 35.1 Å². The van der Waals surface area contributed by atoms with Crippen molar-refractivity contribution in [2.45, 2.75) is 6.18 Å². The summed E-state index contributed by atoms with van der Waals surface area (Å²) in [6.07, 6.45) is -3.09. The Balaban J connectivity index is 2.23. The van der Waals surface area contributed by atoms with Crippen LogP contribution in [0.4, 0.5) is 30.5 Å². The number of nitrogens with two attached hydrogens (primary N) is 1. The van der Waals surface area contributed by atoms with Crippen LogP contribution in [0.3, 0.4) is 0 Å². The molecule has 0 aliphatic heterocycles. The van der Waals surface area contributed by atoms with Crippen LogP contribution in [0.25, 0.3) is 0 Å². The van der Waals surface area contributed by atoms with Crippen molar-refractivity contribution >= 4 is 33.3 Å². The number of anilines is 3. The van der Waals surface area contributed by atoms with Gasteiger partial charge in [0, 0.05) is 5.69 Å². The van der Waals surface area contributed by atoms with Crippen molar-refractivity contribution in [2.75, 3.05) is 10.7 Å². The van der Waals surface area contributed by atoms with Gasteiger partial charge in [-0.1, -0.05) is 0 Å². The van der Waals surface area contributed by atoms with Gasteiger partial charge in [-0.05, 0) is 40.2 Å². The lowest BCUT2D eigenvalue weighted by Gasteiger charge is -2.11. The summed E-state index contributed by atoms with van der Waals surface area (Å²) in [5.74, 6) is 6.00. The molecule has 106 valence electrons. The molecule has 0 aliphatic rings. The Hall–Kier alpha value is -1.87. The van der Waals surface area contributed by atoms with E-state index in [1.807, 2.05) is 0 Å². The molecule has 0 atom stereocenters. The molecule has 1 aromatic heterocycles. The van der Waals surface area contributed by atoms with E-state index in [0.717, 1.165) is 12.1 Å². The lowest BCUT2D eigenvalue weighted by atomic mass is 10.2. The summed E-state index contributed by atoms with van der Waals surface area (Å²) in [6, 6.07) is 4.60. The zero-order valence-electron chi connectivity index (χ0n) is 9.87. The fraction of sp³-hybridized carbons (Fsp3) is 0.0909. The number of hydrazine groups is 1. The summed E-state index contributed by atoms with van der Waals surface area (Å²) >= 11 is 3.24. The minimum Gasteiger partial charge on any atom is -0.339 e. The molecule has 0 unspecified atom stereocenters. The molecular weight excluding hydrogens is 339 g/mol. The Morgan fingerprint density at radius 3 is 2.20 bits per heavy atom. The van der Waals surface area contributed by atoms with Gasteiger partial charge in [-0.15, -0.1) is 0 Å². The van der Waals surface area contributed by atoms with Gasteiger partial charge < -0.3 is 10.7 Å². The van der Waals surface area contributed by atoms with Crippen LogP contribution in [0.1, 0.15) is 5.56 Å². The van der Waals surface area contributed by atoms with E-state index >= 15 is 0 Å². The quantitative estimate of drug-likeness (QED) is 0.586. The summed E-state index contributed by atoms with van der Waals surface area (Å²) in [5.41, 5.74) is 2.11. The molecular formula is C11H9BrF3N5. The number of halogens is 4. The van der Waals surface area contributed by atoms with E-state index in [0.29, 0.717) is 21.8 Å². The van der Waals surface area contributed by atoms with Gasteiger partial charge >= 0.3 is 6.18 Å². The van der Waals surface area contributed by atoms with Crippen molar-refractivity contribution in [1.82, 2.24) is 9.97 Å². The molecule has 0 amide bonds. The average molecular weight is 348 g/mol. The fourth-order valence-corrected chi connectivity index (χ4v) is 1.86. The van der Waals surface area contributed by atoms with E-state index in [4.69, 9.17) is 5.84 Å². The van der Waals surface area contributed by atoms with Crippen molar-refractivity contribution in [3.8, 4) is 0 Å². The van der Waals surface area contributed by atoms with E-state index in [-0.39, 0.29) is 0 Å². The van der Waals surface area contributed by atoms with Crippen LogP contribution in [0.5, 0.6) is 0 Å². The topological polar surface area (TPSA) is 75.9 Å². The van der Waals surface area contributed by atoms with Crippen molar-refractivity contribution in [1.29, 1.82) is 0 Å². The van der Waals surface area contributed by atoms with Crippen LogP contribution in [0, 0.1) is 0 Å². The van der Waals surface area contributed by atoms with Crippen LogP contribution in [-0.4, -0.2) is 9.97 Å². The Bertz CT molecular complexity index is 600. The molecule has 0 saturated heterocycles. The van der Waals surface area contributed by atoms with E-state index in [1.54, 1.807) is 0 Å². The van der Waals surface area contributed by atoms with Gasteiger partial charge in [-0.3, -0.25) is 0 Å². The molecule has 0 bridgehead atoms. The second kappa shape index (κ2) is 5.63. The van der Waals surface area contributed by atoms with E-state index < -0.39 is 11.7 Å². The fourth-order valence-electron chi connectivity index (χ4n) is 1.44. The summed E-state index contributed by atoms with van der Waals surface area (Å²) in [7, 11) is 0. The Morgan fingerprint density at radius 2 is 1.65 bits per heavy atom. The zero-order chi connectivity index (χ0) is 14.8. The van der Waals surface area contributed by atoms with Gasteiger partial charge in [0.15, 0.2) is 5.82 Å². The van der Waals surface area contributed by atoms with Gasteiger partial charge in [0.05, 0.1) is 5.56 Å². The van der Waals surface area contributed by atoms with Crippen molar-refractivity contribution in [3.63, 3.8) is 0 Å². The maximum absolute atomic E-state index is 12.4. The van der Waals surface area contributed by atoms with Crippen LogP contribution >= 0.6 is 15.9 Å². The molecule has 0 radical (unpaired) electrons. The third-order valence-electron chi connectivity index (χ3n) is 2.40. The third-order valence-corrected chi connectivity index (χ3v) is 3.15. The van der Waals surface area contributed by atoms with Gasteiger partial charge in [-0.25, -0.2) is 15.8 Å². The number of alkyl halides is 3. The number of nitrogens with zero attached hydrogens (tertiary/aromatic N) is 2. The number of nitrogens with one attached hydrogen (secondary N) is 2. The lowest BCUT2D eigenvalue weighted by Crippen LogP contribution is -2.10. The molecule has 0 aliphatic carbocycles. The van der Waals surface area contributed by atoms with Crippen molar-refractivity contribution in [2.24, 2.45) is 5.84 Å². The van der Waals surface area contributed by atoms with Crippen molar-refractivity contribution in [3.05, 3.63) is 40.6 Å². The van der Waals surface area contributed by atoms with Gasteiger partial charge in [0.2, 0.25) is 0 Å². The summed E-state index contributed by atoms with van der Waals surface area (Å²) in [4.78, 5) is 7.83. The van der Waals surface area contributed by atoms with Crippen molar-refractivity contribution < 1.29 is 13.2 Å². The molecule has 20 heavy (non-hydrogen) atoms. The van der Waals surface area contributed by atoms with Crippen LogP contribution in [-0.2, 0) is 6.18 Å². The smallest absolute Gasteiger partial charge is 0.339 e. The predicted molar refractivity (Wildman–Crippen MR) is 72.3 cm³/mol. The first-order chi connectivity index (χ1) is 9.41. The molecule has 1 aromatic carbocycles. The standard InChI is InChI=1S/C11H9BrF3N5/c12-8-9(17-5-18-10(8)20-16)19-7-3-1-6(2-4-7)11(13,14)15/h1-5H,16H2,(H2,17,18,19,20). The molecule has 4 N–H and O–H groups in total. The third kappa shape index (κ3) is 3.17. The molecule has 9 heteroatoms. The normalized spacial score (nSPS) is 11.2. The van der Waals surface area contributed by atoms with Gasteiger partial charge in [0.1, 0.15) is 16.6 Å². The second-order valence-corrected chi connectivity index (χ2v) is 4.52. The molecule has 0 spiro atoms. The Kier molecular flexibility index (Phi) is 4.09. The monoisotopic (exact) mass is 347 g/mol.